The van der Waals surface area contributed by atoms with Gasteiger partial charge in [0, 0.05) is 12.1 Å². The van der Waals surface area contributed by atoms with E-state index in [0.717, 1.165) is 5.56 Å². The van der Waals surface area contributed by atoms with Crippen LogP contribution in [0.25, 0.3) is 0 Å². The van der Waals surface area contributed by atoms with Crippen LogP contribution in [0.5, 0.6) is 5.75 Å². The van der Waals surface area contributed by atoms with E-state index < -0.39 is 0 Å². The first-order valence-corrected chi connectivity index (χ1v) is 2.98. The van der Waals surface area contributed by atoms with Crippen molar-refractivity contribution in [2.75, 3.05) is 0 Å². The van der Waals surface area contributed by atoms with Gasteiger partial charge in [-0.05, 0) is 6.07 Å². The van der Waals surface area contributed by atoms with Gasteiger partial charge in [-0.25, -0.2) is 5.26 Å². The zero-order valence-electron chi connectivity index (χ0n) is 5.45. The maximum absolute atomic E-state index is 8.29. The maximum Gasteiger partial charge on any atom is 0.169 e. The molecule has 0 fully saturated rings. The molecule has 3 nitrogen and oxygen atoms in total. The van der Waals surface area contributed by atoms with Crippen LogP contribution in [0, 0.1) is 0 Å². The van der Waals surface area contributed by atoms with Gasteiger partial charge in [0.2, 0.25) is 0 Å². The van der Waals surface area contributed by atoms with Gasteiger partial charge in [-0.1, -0.05) is 18.2 Å². The molecule has 0 bridgehead atoms. The fraction of sp³-hybridized carbons (Fsp3) is 0.143. The zero-order chi connectivity index (χ0) is 7.40. The molecular formula is C7H9NO2. The minimum absolute atomic E-state index is 0.372. The minimum Gasteiger partial charge on any atom is -0.340 e. The lowest BCUT2D eigenvalue weighted by Gasteiger charge is -2.01. The number of hydrogen-bond acceptors (Lipinski definition) is 3. The second-order valence-corrected chi connectivity index (χ2v) is 1.90. The normalized spacial score (nSPS) is 9.40. The van der Waals surface area contributed by atoms with Gasteiger partial charge in [0.15, 0.2) is 5.75 Å². The third-order valence-corrected chi connectivity index (χ3v) is 1.29. The summed E-state index contributed by atoms with van der Waals surface area (Å²) in [5.74, 6) is 0.421. The molecule has 1 aromatic carbocycles. The van der Waals surface area contributed by atoms with E-state index in [0.29, 0.717) is 12.3 Å². The van der Waals surface area contributed by atoms with Gasteiger partial charge in [0.1, 0.15) is 0 Å². The van der Waals surface area contributed by atoms with Crippen molar-refractivity contribution >= 4 is 0 Å². The van der Waals surface area contributed by atoms with E-state index in [9.17, 15) is 0 Å². The summed E-state index contributed by atoms with van der Waals surface area (Å²) in [5, 5.41) is 8.29. The molecule has 0 aromatic heterocycles. The molecule has 0 radical (unpaired) electrons. The first-order valence-electron chi connectivity index (χ1n) is 2.98. The van der Waals surface area contributed by atoms with E-state index in [1.807, 2.05) is 6.07 Å². The standard InChI is InChI=1S/C7H9NO2/c8-5-6-3-1-2-4-7(6)10-9/h1-4,9H,5,8H2. The topological polar surface area (TPSA) is 55.5 Å². The van der Waals surface area contributed by atoms with Crippen LogP contribution in [0.1, 0.15) is 5.56 Å². The molecule has 0 aliphatic rings. The molecule has 1 aromatic rings. The van der Waals surface area contributed by atoms with Crippen LogP contribution in [-0.4, -0.2) is 5.26 Å². The molecule has 3 N–H and O–H groups in total. The summed E-state index contributed by atoms with van der Waals surface area (Å²) in [5.41, 5.74) is 6.13. The highest BCUT2D eigenvalue weighted by atomic mass is 17.1. The van der Waals surface area contributed by atoms with Crippen molar-refractivity contribution < 1.29 is 10.1 Å². The molecule has 0 aliphatic carbocycles. The predicted molar refractivity (Wildman–Crippen MR) is 37.6 cm³/mol. The maximum atomic E-state index is 8.29. The summed E-state index contributed by atoms with van der Waals surface area (Å²) >= 11 is 0. The van der Waals surface area contributed by atoms with Gasteiger partial charge in [0.05, 0.1) is 0 Å². The molecule has 0 unspecified atom stereocenters. The Morgan fingerprint density at radius 1 is 1.40 bits per heavy atom. The molecule has 0 atom stereocenters. The van der Waals surface area contributed by atoms with E-state index >= 15 is 0 Å². The van der Waals surface area contributed by atoms with Crippen LogP contribution in [0.15, 0.2) is 24.3 Å². The summed E-state index contributed by atoms with van der Waals surface area (Å²) in [6.45, 7) is 0.372. The van der Waals surface area contributed by atoms with Crippen LogP contribution in [0.4, 0.5) is 0 Å². The average Bonchev–Trinajstić information content (AvgIpc) is 2.04. The minimum atomic E-state index is 0.372. The molecule has 10 heavy (non-hydrogen) atoms. The van der Waals surface area contributed by atoms with Gasteiger partial charge in [-0.2, -0.15) is 0 Å². The Morgan fingerprint density at radius 3 is 2.60 bits per heavy atom. The molecular weight excluding hydrogens is 130 g/mol. The van der Waals surface area contributed by atoms with E-state index in [1.54, 1.807) is 18.2 Å². The van der Waals surface area contributed by atoms with E-state index in [2.05, 4.69) is 4.89 Å². The highest BCUT2D eigenvalue weighted by molar-refractivity contribution is 5.32. The van der Waals surface area contributed by atoms with Crippen LogP contribution in [-0.2, 0) is 6.54 Å². The lowest BCUT2D eigenvalue weighted by molar-refractivity contribution is -0.138. The van der Waals surface area contributed by atoms with Crippen LogP contribution in [0.3, 0.4) is 0 Å². The molecule has 54 valence electrons. The number of rotatable bonds is 2. The second kappa shape index (κ2) is 3.20. The van der Waals surface area contributed by atoms with Crippen LogP contribution in [0.2, 0.25) is 0 Å². The number of nitrogens with two attached hydrogens (primary N) is 1. The summed E-state index contributed by atoms with van der Waals surface area (Å²) in [6, 6.07) is 7.06. The first-order chi connectivity index (χ1) is 4.88. The van der Waals surface area contributed by atoms with Crippen molar-refractivity contribution in [3.63, 3.8) is 0 Å². The third kappa shape index (κ3) is 1.26. The Bertz CT molecular complexity index is 190. The Morgan fingerprint density at radius 2 is 2.10 bits per heavy atom. The summed E-state index contributed by atoms with van der Waals surface area (Å²) in [7, 11) is 0. The monoisotopic (exact) mass is 139 g/mol. The Balaban J connectivity index is 2.96. The van der Waals surface area contributed by atoms with Gasteiger partial charge >= 0.3 is 0 Å². The number of hydrogen-bond donors (Lipinski definition) is 2. The molecule has 0 saturated carbocycles. The molecule has 0 amide bonds. The van der Waals surface area contributed by atoms with Crippen molar-refractivity contribution in [1.29, 1.82) is 0 Å². The van der Waals surface area contributed by atoms with E-state index in [4.69, 9.17) is 11.0 Å². The molecule has 3 heteroatoms. The Kier molecular flexibility index (Phi) is 2.25. The quantitative estimate of drug-likeness (QED) is 0.474. The number of benzene rings is 1. The molecule has 1 rings (SSSR count). The van der Waals surface area contributed by atoms with E-state index in [1.165, 1.54) is 0 Å². The highest BCUT2D eigenvalue weighted by Gasteiger charge is 1.97. The lowest BCUT2D eigenvalue weighted by atomic mass is 10.2. The fourth-order valence-electron chi connectivity index (χ4n) is 0.762. The van der Waals surface area contributed by atoms with Crippen molar-refractivity contribution in [1.82, 2.24) is 0 Å². The van der Waals surface area contributed by atoms with Crippen molar-refractivity contribution in [3.05, 3.63) is 29.8 Å². The van der Waals surface area contributed by atoms with Crippen molar-refractivity contribution in [2.24, 2.45) is 5.73 Å². The summed E-state index contributed by atoms with van der Waals surface area (Å²) in [6.07, 6.45) is 0. The predicted octanol–water partition coefficient (Wildman–Crippen LogP) is 0.997. The summed E-state index contributed by atoms with van der Waals surface area (Å²) < 4.78 is 0. The van der Waals surface area contributed by atoms with Crippen LogP contribution < -0.4 is 10.6 Å². The van der Waals surface area contributed by atoms with Gasteiger partial charge in [0.25, 0.3) is 0 Å². The smallest absolute Gasteiger partial charge is 0.169 e. The zero-order valence-corrected chi connectivity index (χ0v) is 5.45. The fourth-order valence-corrected chi connectivity index (χ4v) is 0.762. The lowest BCUT2D eigenvalue weighted by Crippen LogP contribution is -1.98. The molecule has 0 heterocycles. The van der Waals surface area contributed by atoms with Gasteiger partial charge in [-0.15, -0.1) is 0 Å². The van der Waals surface area contributed by atoms with Crippen LogP contribution >= 0.6 is 0 Å². The number of para-hydroxylation sites is 1. The molecule has 0 saturated heterocycles. The first kappa shape index (κ1) is 7.05. The highest BCUT2D eigenvalue weighted by Crippen LogP contribution is 2.15. The third-order valence-electron chi connectivity index (χ3n) is 1.29. The van der Waals surface area contributed by atoms with Gasteiger partial charge < -0.3 is 10.6 Å². The Labute approximate surface area is 59.0 Å². The molecule has 0 aliphatic heterocycles. The molecule has 0 spiro atoms. The van der Waals surface area contributed by atoms with Crippen molar-refractivity contribution in [2.45, 2.75) is 6.54 Å². The Hall–Kier alpha value is -1.06. The summed E-state index contributed by atoms with van der Waals surface area (Å²) in [4.78, 5) is 4.06. The second-order valence-electron chi connectivity index (χ2n) is 1.90. The van der Waals surface area contributed by atoms with Crippen molar-refractivity contribution in [3.8, 4) is 5.75 Å². The average molecular weight is 139 g/mol. The van der Waals surface area contributed by atoms with E-state index in [-0.39, 0.29) is 0 Å². The largest absolute Gasteiger partial charge is 0.340 e. The SMILES string of the molecule is NCc1ccccc1OO. The van der Waals surface area contributed by atoms with Gasteiger partial charge in [-0.3, -0.25) is 0 Å².